The number of hydrogen-bond donors (Lipinski definition) is 0. The molecular formula is C12H17NOS. The maximum Gasteiger partial charge on any atom is 0.0804 e. The van der Waals surface area contributed by atoms with Crippen LogP contribution in [0.2, 0.25) is 0 Å². The first-order chi connectivity index (χ1) is 7.06. The molecule has 0 N–H and O–H groups in total. The van der Waals surface area contributed by atoms with Crippen molar-refractivity contribution in [3.8, 4) is 0 Å². The summed E-state index contributed by atoms with van der Waals surface area (Å²) in [5.41, 5.74) is 0. The highest BCUT2D eigenvalue weighted by atomic mass is 32.2. The summed E-state index contributed by atoms with van der Waals surface area (Å²) in [6, 6.07) is 9.67. The molecule has 1 heterocycles. The van der Waals surface area contributed by atoms with E-state index in [2.05, 4.69) is 18.2 Å². The van der Waals surface area contributed by atoms with Gasteiger partial charge in [0, 0.05) is 11.4 Å². The molecule has 0 aromatic heterocycles. The molecule has 82 valence electrons. The molecule has 0 saturated heterocycles. The fourth-order valence-corrected chi connectivity index (χ4v) is 4.48. The van der Waals surface area contributed by atoms with Crippen LogP contribution >= 0.6 is 0 Å². The lowest BCUT2D eigenvalue weighted by molar-refractivity contribution is 0.544. The zero-order chi connectivity index (χ0) is 10.9. The highest BCUT2D eigenvalue weighted by molar-refractivity contribution is 7.95. The summed E-state index contributed by atoms with van der Waals surface area (Å²) < 4.78 is 17.1. The van der Waals surface area contributed by atoms with Gasteiger partial charge in [-0.15, -0.1) is 0 Å². The van der Waals surface area contributed by atoms with E-state index < -0.39 is 9.73 Å². The van der Waals surface area contributed by atoms with Gasteiger partial charge in [0.25, 0.3) is 0 Å². The van der Waals surface area contributed by atoms with Gasteiger partial charge in [0.05, 0.1) is 14.5 Å². The molecule has 0 bridgehead atoms. The molecule has 2 nitrogen and oxygen atoms in total. The first-order valence-electron chi connectivity index (χ1n) is 5.34. The molecule has 1 aliphatic rings. The molecule has 0 unspecified atom stereocenters. The zero-order valence-electron chi connectivity index (χ0n) is 9.27. The van der Waals surface area contributed by atoms with E-state index in [4.69, 9.17) is 0 Å². The maximum absolute atomic E-state index is 12.9. The lowest BCUT2D eigenvalue weighted by Crippen LogP contribution is -2.34. The average molecular weight is 223 g/mol. The molecular weight excluding hydrogens is 206 g/mol. The van der Waals surface area contributed by atoms with Crippen molar-refractivity contribution >= 4 is 9.73 Å². The van der Waals surface area contributed by atoms with Crippen molar-refractivity contribution in [3.63, 3.8) is 0 Å². The van der Waals surface area contributed by atoms with Gasteiger partial charge in [-0.2, -0.15) is 0 Å². The number of nitrogens with zero attached hydrogens (tertiary/aromatic N) is 1. The predicted molar refractivity (Wildman–Crippen MR) is 63.5 cm³/mol. The summed E-state index contributed by atoms with van der Waals surface area (Å²) >= 11 is 0. The van der Waals surface area contributed by atoms with Gasteiger partial charge < -0.3 is 0 Å². The molecule has 1 aromatic rings. The van der Waals surface area contributed by atoms with Crippen LogP contribution in [0.5, 0.6) is 0 Å². The Morgan fingerprint density at radius 2 is 1.93 bits per heavy atom. The van der Waals surface area contributed by atoms with Crippen LogP contribution in [0.25, 0.3) is 0 Å². The van der Waals surface area contributed by atoms with Crippen LogP contribution < -0.4 is 0 Å². The minimum atomic E-state index is -2.22. The second-order valence-electron chi connectivity index (χ2n) is 4.55. The van der Waals surface area contributed by atoms with Crippen LogP contribution in [0.3, 0.4) is 0 Å². The fraction of sp³-hybridized carbons (Fsp3) is 0.500. The third kappa shape index (κ3) is 1.69. The minimum absolute atomic E-state index is 0.202. The Balaban J connectivity index is 2.60. The van der Waals surface area contributed by atoms with E-state index in [1.807, 2.05) is 30.3 Å². The van der Waals surface area contributed by atoms with E-state index >= 15 is 0 Å². The SMILES string of the molecule is CC1(C)CCCN=[S@]1(=O)c1ccccc1. The fourth-order valence-electron chi connectivity index (χ4n) is 2.01. The van der Waals surface area contributed by atoms with Crippen LogP contribution in [0.1, 0.15) is 26.7 Å². The molecule has 1 aliphatic heterocycles. The number of benzene rings is 1. The van der Waals surface area contributed by atoms with Crippen molar-refractivity contribution in [2.24, 2.45) is 4.36 Å². The predicted octanol–water partition coefficient (Wildman–Crippen LogP) is 3.09. The summed E-state index contributed by atoms with van der Waals surface area (Å²) in [5, 5.41) is 0. The number of hydrogen-bond acceptors (Lipinski definition) is 2. The second-order valence-corrected chi connectivity index (χ2v) is 7.44. The van der Waals surface area contributed by atoms with Gasteiger partial charge in [-0.05, 0) is 38.8 Å². The summed E-state index contributed by atoms with van der Waals surface area (Å²) in [6.45, 7) is 4.85. The zero-order valence-corrected chi connectivity index (χ0v) is 10.1. The van der Waals surface area contributed by atoms with Gasteiger partial charge in [-0.3, -0.25) is 0 Å². The van der Waals surface area contributed by atoms with Crippen molar-refractivity contribution in [1.82, 2.24) is 0 Å². The molecule has 0 radical (unpaired) electrons. The second kappa shape index (κ2) is 3.63. The average Bonchev–Trinajstić information content (AvgIpc) is 2.24. The van der Waals surface area contributed by atoms with Crippen molar-refractivity contribution in [2.45, 2.75) is 36.3 Å². The van der Waals surface area contributed by atoms with Crippen molar-refractivity contribution < 1.29 is 4.21 Å². The Hall–Kier alpha value is -0.830. The van der Waals surface area contributed by atoms with E-state index in [0.717, 1.165) is 24.3 Å². The van der Waals surface area contributed by atoms with E-state index in [0.29, 0.717) is 0 Å². The van der Waals surface area contributed by atoms with Crippen LogP contribution in [0.15, 0.2) is 39.6 Å². The van der Waals surface area contributed by atoms with Gasteiger partial charge in [0.2, 0.25) is 0 Å². The Morgan fingerprint density at radius 3 is 2.53 bits per heavy atom. The quantitative estimate of drug-likeness (QED) is 0.719. The smallest absolute Gasteiger partial charge is 0.0804 e. The normalized spacial score (nSPS) is 29.5. The lowest BCUT2D eigenvalue weighted by Gasteiger charge is -2.32. The van der Waals surface area contributed by atoms with Crippen molar-refractivity contribution in [2.75, 3.05) is 6.54 Å². The van der Waals surface area contributed by atoms with Crippen LogP contribution in [-0.2, 0) is 9.73 Å². The third-order valence-electron chi connectivity index (χ3n) is 3.02. The largest absolute Gasteiger partial charge is 0.244 e. The number of rotatable bonds is 1. The van der Waals surface area contributed by atoms with Crippen LogP contribution in [-0.4, -0.2) is 15.5 Å². The van der Waals surface area contributed by atoms with Gasteiger partial charge in [0.1, 0.15) is 0 Å². The topological polar surface area (TPSA) is 29.4 Å². The van der Waals surface area contributed by atoms with Crippen molar-refractivity contribution in [1.29, 1.82) is 0 Å². The molecule has 0 aliphatic carbocycles. The monoisotopic (exact) mass is 223 g/mol. The Morgan fingerprint density at radius 1 is 1.27 bits per heavy atom. The van der Waals surface area contributed by atoms with E-state index in [-0.39, 0.29) is 4.75 Å². The van der Waals surface area contributed by atoms with Gasteiger partial charge in [0.15, 0.2) is 0 Å². The third-order valence-corrected chi connectivity index (χ3v) is 6.18. The molecule has 0 saturated carbocycles. The first kappa shape index (κ1) is 10.7. The molecule has 3 heteroatoms. The summed E-state index contributed by atoms with van der Waals surface area (Å²) in [5.74, 6) is 0. The molecule has 15 heavy (non-hydrogen) atoms. The summed E-state index contributed by atoms with van der Waals surface area (Å²) in [4.78, 5) is 0.884. The maximum atomic E-state index is 12.9. The van der Waals surface area contributed by atoms with Crippen molar-refractivity contribution in [3.05, 3.63) is 30.3 Å². The Kier molecular flexibility index (Phi) is 2.59. The Labute approximate surface area is 91.9 Å². The van der Waals surface area contributed by atoms with Crippen LogP contribution in [0, 0.1) is 0 Å². The van der Waals surface area contributed by atoms with Gasteiger partial charge in [-0.1, -0.05) is 18.2 Å². The van der Waals surface area contributed by atoms with E-state index in [1.165, 1.54) is 0 Å². The molecule has 2 rings (SSSR count). The van der Waals surface area contributed by atoms with E-state index in [1.54, 1.807) is 0 Å². The highest BCUT2D eigenvalue weighted by Crippen LogP contribution is 2.34. The Bertz CT molecular complexity index is 456. The summed E-state index contributed by atoms with van der Waals surface area (Å²) in [6.07, 6.45) is 2.04. The highest BCUT2D eigenvalue weighted by Gasteiger charge is 2.35. The standard InChI is InChI=1S/C12H17NOS/c1-12(2)9-6-10-13-15(12,14)11-7-4-3-5-8-11/h3-5,7-8H,6,9-10H2,1-2H3/t15-/m0/s1. The van der Waals surface area contributed by atoms with Gasteiger partial charge in [-0.25, -0.2) is 8.57 Å². The molecule has 1 aromatic carbocycles. The van der Waals surface area contributed by atoms with Gasteiger partial charge >= 0.3 is 0 Å². The van der Waals surface area contributed by atoms with Crippen LogP contribution in [0.4, 0.5) is 0 Å². The molecule has 0 spiro atoms. The minimum Gasteiger partial charge on any atom is -0.244 e. The van der Waals surface area contributed by atoms with E-state index in [9.17, 15) is 4.21 Å². The molecule has 0 fully saturated rings. The lowest BCUT2D eigenvalue weighted by atomic mass is 10.1. The molecule has 0 amide bonds. The summed E-state index contributed by atoms with van der Waals surface area (Å²) in [7, 11) is -2.22. The molecule has 1 atom stereocenters. The first-order valence-corrected chi connectivity index (χ1v) is 6.85.